The third-order valence-corrected chi connectivity index (χ3v) is 5.32. The van der Waals surface area contributed by atoms with Crippen molar-refractivity contribution in [2.45, 2.75) is 0 Å². The third-order valence-electron chi connectivity index (χ3n) is 1.92. The van der Waals surface area contributed by atoms with E-state index in [4.69, 9.17) is 11.6 Å². The van der Waals surface area contributed by atoms with Crippen molar-refractivity contribution in [1.82, 2.24) is 0 Å². The van der Waals surface area contributed by atoms with E-state index in [2.05, 4.69) is 20.7 Å². The van der Waals surface area contributed by atoms with Gasteiger partial charge in [-0.05, 0) is 34.1 Å². The van der Waals surface area contributed by atoms with E-state index in [1.54, 1.807) is 12.1 Å². The fourth-order valence-electron chi connectivity index (χ4n) is 1.06. The fraction of sp³-hybridized carbons (Fsp3) is 0.333. The summed E-state index contributed by atoms with van der Waals surface area (Å²) in [5.74, 6) is -0.925. The van der Waals surface area contributed by atoms with Crippen molar-refractivity contribution in [3.05, 3.63) is 27.7 Å². The highest BCUT2D eigenvalue weighted by Crippen LogP contribution is 2.26. The van der Waals surface area contributed by atoms with Crippen molar-refractivity contribution in [3.8, 4) is 0 Å². The van der Waals surface area contributed by atoms with Crippen LogP contribution in [-0.2, 0) is 19.9 Å². The van der Waals surface area contributed by atoms with Gasteiger partial charge in [-0.15, -0.1) is 0 Å². The van der Waals surface area contributed by atoms with Crippen LogP contribution < -0.4 is 4.72 Å². The van der Waals surface area contributed by atoms with E-state index in [9.17, 15) is 16.8 Å². The normalized spacial score (nSPS) is 12.4. The van der Waals surface area contributed by atoms with E-state index in [1.165, 1.54) is 6.07 Å². The van der Waals surface area contributed by atoms with Crippen LogP contribution in [0.2, 0.25) is 5.02 Å². The lowest BCUT2D eigenvalue weighted by atomic mass is 10.3. The predicted molar refractivity (Wildman–Crippen MR) is 76.3 cm³/mol. The molecule has 18 heavy (non-hydrogen) atoms. The Bertz CT molecular complexity index is 643. The van der Waals surface area contributed by atoms with Gasteiger partial charge in [0.15, 0.2) is 0 Å². The molecule has 0 heterocycles. The molecule has 0 spiro atoms. The van der Waals surface area contributed by atoms with E-state index >= 15 is 0 Å². The maximum absolute atomic E-state index is 11.7. The second kappa shape index (κ2) is 5.77. The first kappa shape index (κ1) is 15.7. The summed E-state index contributed by atoms with van der Waals surface area (Å²) in [4.78, 5) is 0. The molecule has 0 radical (unpaired) electrons. The number of anilines is 1. The highest BCUT2D eigenvalue weighted by atomic mass is 79.9. The molecule has 1 aromatic carbocycles. The van der Waals surface area contributed by atoms with Crippen molar-refractivity contribution >= 4 is 53.1 Å². The first-order valence-electron chi connectivity index (χ1n) is 4.72. The minimum Gasteiger partial charge on any atom is -0.282 e. The van der Waals surface area contributed by atoms with Crippen molar-refractivity contribution in [1.29, 1.82) is 0 Å². The topological polar surface area (TPSA) is 80.3 Å². The lowest BCUT2D eigenvalue weighted by Crippen LogP contribution is -2.22. The molecule has 102 valence electrons. The van der Waals surface area contributed by atoms with Gasteiger partial charge >= 0.3 is 0 Å². The van der Waals surface area contributed by atoms with Crippen molar-refractivity contribution in [3.63, 3.8) is 0 Å². The van der Waals surface area contributed by atoms with Gasteiger partial charge in [0.1, 0.15) is 9.84 Å². The van der Waals surface area contributed by atoms with Gasteiger partial charge in [0.2, 0.25) is 10.0 Å². The summed E-state index contributed by atoms with van der Waals surface area (Å²) in [5.41, 5.74) is 0.274. The van der Waals surface area contributed by atoms with Crippen LogP contribution in [0.25, 0.3) is 0 Å². The van der Waals surface area contributed by atoms with E-state index in [-0.39, 0.29) is 5.69 Å². The number of hydrogen-bond acceptors (Lipinski definition) is 4. The Balaban J connectivity index is 2.86. The Labute approximate surface area is 120 Å². The van der Waals surface area contributed by atoms with E-state index in [0.29, 0.717) is 9.50 Å². The molecule has 0 aliphatic carbocycles. The second-order valence-electron chi connectivity index (χ2n) is 3.67. The maximum atomic E-state index is 11.7. The molecule has 0 fully saturated rings. The number of halogens is 2. The summed E-state index contributed by atoms with van der Waals surface area (Å²) in [6, 6.07) is 4.63. The van der Waals surface area contributed by atoms with Crippen LogP contribution >= 0.6 is 27.5 Å². The van der Waals surface area contributed by atoms with Gasteiger partial charge in [-0.1, -0.05) is 11.6 Å². The molecule has 5 nitrogen and oxygen atoms in total. The lowest BCUT2D eigenvalue weighted by Gasteiger charge is -2.09. The van der Waals surface area contributed by atoms with Gasteiger partial charge in [-0.3, -0.25) is 4.72 Å². The molecule has 0 unspecified atom stereocenters. The van der Waals surface area contributed by atoms with Gasteiger partial charge in [0.05, 0.1) is 17.2 Å². The predicted octanol–water partition coefficient (Wildman–Crippen LogP) is 1.89. The number of sulfone groups is 1. The van der Waals surface area contributed by atoms with Gasteiger partial charge in [-0.2, -0.15) is 0 Å². The van der Waals surface area contributed by atoms with Crippen LogP contribution in [0.5, 0.6) is 0 Å². The SMILES string of the molecule is CS(=O)(=O)CCS(=O)(=O)Nc1cc(Cl)ccc1Br. The molecular weight excluding hydrogens is 366 g/mol. The highest BCUT2D eigenvalue weighted by Gasteiger charge is 2.15. The van der Waals surface area contributed by atoms with Crippen LogP contribution in [-0.4, -0.2) is 34.6 Å². The van der Waals surface area contributed by atoms with E-state index in [0.717, 1.165) is 6.26 Å². The molecule has 0 saturated heterocycles. The van der Waals surface area contributed by atoms with Crippen LogP contribution in [0.4, 0.5) is 5.69 Å². The zero-order chi connectivity index (χ0) is 14.0. The first-order valence-corrected chi connectivity index (χ1v) is 9.61. The average molecular weight is 377 g/mol. The third kappa shape index (κ3) is 5.55. The Morgan fingerprint density at radius 1 is 1.22 bits per heavy atom. The van der Waals surface area contributed by atoms with Crippen molar-refractivity contribution in [2.75, 3.05) is 22.5 Å². The van der Waals surface area contributed by atoms with Crippen LogP contribution in [0.15, 0.2) is 22.7 Å². The monoisotopic (exact) mass is 375 g/mol. The molecule has 1 N–H and O–H groups in total. The smallest absolute Gasteiger partial charge is 0.233 e. The number of nitrogens with one attached hydrogen (secondary N) is 1. The van der Waals surface area contributed by atoms with Crippen LogP contribution in [0.3, 0.4) is 0 Å². The standard InChI is InChI=1S/C9H11BrClNO4S2/c1-17(13,14)4-5-18(15,16)12-9-6-7(11)2-3-8(9)10/h2-3,6,12H,4-5H2,1H3. The summed E-state index contributed by atoms with van der Waals surface area (Å²) in [6.45, 7) is 0. The van der Waals surface area contributed by atoms with Crippen molar-refractivity contribution in [2.24, 2.45) is 0 Å². The average Bonchev–Trinajstić information content (AvgIpc) is 2.20. The Morgan fingerprint density at radius 3 is 2.39 bits per heavy atom. The van der Waals surface area contributed by atoms with Crippen LogP contribution in [0, 0.1) is 0 Å². The Hall–Kier alpha value is -0.310. The van der Waals surface area contributed by atoms with Gasteiger partial charge in [-0.25, -0.2) is 16.8 Å². The molecule has 0 atom stereocenters. The van der Waals surface area contributed by atoms with Crippen molar-refractivity contribution < 1.29 is 16.8 Å². The summed E-state index contributed by atoms with van der Waals surface area (Å²) < 4.78 is 48.0. The molecule has 0 aliphatic rings. The number of benzene rings is 1. The molecule has 0 saturated carbocycles. The minimum atomic E-state index is -3.72. The molecule has 1 aromatic rings. The fourth-order valence-corrected chi connectivity index (χ4v) is 4.40. The molecule has 9 heteroatoms. The summed E-state index contributed by atoms with van der Waals surface area (Å²) in [7, 11) is -7.05. The number of sulfonamides is 1. The first-order chi connectivity index (χ1) is 8.09. The summed E-state index contributed by atoms with van der Waals surface area (Å²) in [6.07, 6.45) is 0.984. The minimum absolute atomic E-state index is 0.274. The summed E-state index contributed by atoms with van der Waals surface area (Å²) >= 11 is 8.91. The zero-order valence-electron chi connectivity index (χ0n) is 9.35. The van der Waals surface area contributed by atoms with Gasteiger partial charge in [0, 0.05) is 15.8 Å². The molecular formula is C9H11BrClNO4S2. The quantitative estimate of drug-likeness (QED) is 0.851. The number of rotatable bonds is 5. The van der Waals surface area contributed by atoms with E-state index in [1.807, 2.05) is 0 Å². The Kier molecular flexibility index (Phi) is 5.05. The molecule has 0 aliphatic heterocycles. The maximum Gasteiger partial charge on any atom is 0.233 e. The molecule has 1 rings (SSSR count). The largest absolute Gasteiger partial charge is 0.282 e. The molecule has 0 amide bonds. The number of hydrogen-bond donors (Lipinski definition) is 1. The van der Waals surface area contributed by atoms with Gasteiger partial charge in [0.25, 0.3) is 0 Å². The van der Waals surface area contributed by atoms with E-state index < -0.39 is 31.4 Å². The lowest BCUT2D eigenvalue weighted by molar-refractivity contribution is 0.593. The molecule has 0 aromatic heterocycles. The Morgan fingerprint density at radius 2 is 1.83 bits per heavy atom. The highest BCUT2D eigenvalue weighted by molar-refractivity contribution is 9.10. The summed E-state index contributed by atoms with van der Waals surface area (Å²) in [5, 5.41) is 0.374. The van der Waals surface area contributed by atoms with Crippen LogP contribution in [0.1, 0.15) is 0 Å². The zero-order valence-corrected chi connectivity index (χ0v) is 13.3. The molecule has 0 bridgehead atoms. The van der Waals surface area contributed by atoms with Gasteiger partial charge < -0.3 is 0 Å². The second-order valence-corrected chi connectivity index (χ2v) is 9.07.